The molecule has 0 aliphatic heterocycles. The van der Waals surface area contributed by atoms with E-state index in [9.17, 15) is 0 Å². The maximum atomic E-state index is 8.93. The van der Waals surface area contributed by atoms with Gasteiger partial charge in [-0.15, -0.1) is 0 Å². The molecule has 6 heteroatoms. The van der Waals surface area contributed by atoms with Crippen LogP contribution in [0, 0.1) is 11.3 Å². The van der Waals surface area contributed by atoms with Gasteiger partial charge in [0.15, 0.2) is 0 Å². The molecule has 1 aromatic heterocycles. The molecule has 0 spiro atoms. The number of nitrogens with zero attached hydrogens (tertiary/aromatic N) is 3. The van der Waals surface area contributed by atoms with Gasteiger partial charge in [0.25, 0.3) is 0 Å². The number of methoxy groups -OCH3 is 1. The van der Waals surface area contributed by atoms with Crippen molar-refractivity contribution >= 4 is 5.82 Å². The van der Waals surface area contributed by atoms with E-state index in [2.05, 4.69) is 21.4 Å². The van der Waals surface area contributed by atoms with Crippen molar-refractivity contribution < 1.29 is 9.47 Å². The lowest BCUT2D eigenvalue weighted by atomic mass is 10.2. The molecule has 1 heterocycles. The van der Waals surface area contributed by atoms with Crippen LogP contribution in [0.1, 0.15) is 11.3 Å². The molecule has 0 unspecified atom stereocenters. The molecule has 102 valence electrons. The summed E-state index contributed by atoms with van der Waals surface area (Å²) in [6.07, 6.45) is 3.27. The number of ether oxygens (including phenoxy) is 2. The fraction of sp³-hybridized carbons (Fsp3) is 0.214. The molecule has 6 nitrogen and oxygen atoms in total. The molecule has 1 aromatic carbocycles. The second-order valence-corrected chi connectivity index (χ2v) is 3.94. The van der Waals surface area contributed by atoms with Crippen molar-refractivity contribution in [3.8, 4) is 17.6 Å². The summed E-state index contributed by atoms with van der Waals surface area (Å²) in [5.74, 6) is 1.83. The zero-order valence-corrected chi connectivity index (χ0v) is 11.3. The van der Waals surface area contributed by atoms with Crippen molar-refractivity contribution in [2.24, 2.45) is 0 Å². The Morgan fingerprint density at radius 3 is 2.60 bits per heavy atom. The highest BCUT2D eigenvalue weighted by Gasteiger charge is 2.03. The summed E-state index contributed by atoms with van der Waals surface area (Å²) in [4.78, 5) is 8.35. The summed E-state index contributed by atoms with van der Waals surface area (Å²) >= 11 is 0. The van der Waals surface area contributed by atoms with Gasteiger partial charge in [-0.3, -0.25) is 4.98 Å². The monoisotopic (exact) mass is 270 g/mol. The molecule has 0 aliphatic carbocycles. The summed E-state index contributed by atoms with van der Waals surface area (Å²) in [5.41, 5.74) is 1.18. The van der Waals surface area contributed by atoms with Crippen molar-refractivity contribution in [3.63, 3.8) is 0 Å². The Balaban J connectivity index is 2.08. The molecule has 1 N–H and O–H groups in total. The van der Waals surface area contributed by atoms with Gasteiger partial charge in [0.1, 0.15) is 23.9 Å². The van der Waals surface area contributed by atoms with Crippen LogP contribution in [0.2, 0.25) is 0 Å². The molecular weight excluding hydrogens is 256 g/mol. The Kier molecular flexibility index (Phi) is 4.35. The first-order valence-corrected chi connectivity index (χ1v) is 5.96. The van der Waals surface area contributed by atoms with E-state index in [1.165, 1.54) is 0 Å². The fourth-order valence-corrected chi connectivity index (χ4v) is 1.55. The Morgan fingerprint density at radius 2 is 2.00 bits per heavy atom. The molecule has 2 aromatic rings. The quantitative estimate of drug-likeness (QED) is 0.894. The van der Waals surface area contributed by atoms with Crippen molar-refractivity contribution in [2.75, 3.05) is 19.5 Å². The van der Waals surface area contributed by atoms with Crippen molar-refractivity contribution in [1.82, 2.24) is 9.97 Å². The van der Waals surface area contributed by atoms with E-state index in [0.29, 0.717) is 28.6 Å². The average molecular weight is 270 g/mol. The Bertz CT molecular complexity index is 620. The molecular formula is C14H14N4O2. The van der Waals surface area contributed by atoms with Crippen molar-refractivity contribution in [3.05, 3.63) is 41.9 Å². The van der Waals surface area contributed by atoms with Gasteiger partial charge in [-0.05, 0) is 12.1 Å². The van der Waals surface area contributed by atoms with Gasteiger partial charge in [-0.1, -0.05) is 0 Å². The second-order valence-electron chi connectivity index (χ2n) is 3.94. The van der Waals surface area contributed by atoms with E-state index in [-0.39, 0.29) is 6.61 Å². The average Bonchev–Trinajstić information content (AvgIpc) is 2.53. The van der Waals surface area contributed by atoms with Gasteiger partial charge in [0.2, 0.25) is 0 Å². The minimum atomic E-state index is 0.273. The third-order valence-electron chi connectivity index (χ3n) is 2.59. The predicted octanol–water partition coefficient (Wildman–Crippen LogP) is 1.98. The zero-order chi connectivity index (χ0) is 14.4. The molecule has 20 heavy (non-hydrogen) atoms. The molecule has 0 radical (unpaired) electrons. The first kappa shape index (κ1) is 13.6. The highest BCUT2D eigenvalue weighted by atomic mass is 16.5. The van der Waals surface area contributed by atoms with Gasteiger partial charge in [-0.25, -0.2) is 4.98 Å². The third kappa shape index (κ3) is 3.36. The number of aromatic nitrogens is 2. The van der Waals surface area contributed by atoms with Crippen LogP contribution in [0.4, 0.5) is 5.82 Å². The van der Waals surface area contributed by atoms with Gasteiger partial charge in [-0.2, -0.15) is 5.26 Å². The molecule has 0 saturated heterocycles. The molecule has 2 rings (SSSR count). The van der Waals surface area contributed by atoms with E-state index in [1.807, 2.05) is 0 Å². The Labute approximate surface area is 117 Å². The topological polar surface area (TPSA) is 80.1 Å². The first-order valence-electron chi connectivity index (χ1n) is 5.96. The summed E-state index contributed by atoms with van der Waals surface area (Å²) in [5, 5.41) is 11.8. The second kappa shape index (κ2) is 6.38. The number of nitrogens with one attached hydrogen (secondary N) is 1. The highest BCUT2D eigenvalue weighted by Crippen LogP contribution is 2.22. The molecule has 0 aliphatic rings. The molecule has 0 amide bonds. The van der Waals surface area contributed by atoms with E-state index in [1.54, 1.807) is 44.8 Å². The SMILES string of the molecule is CNc1cnc(COc2cc(C#N)cc(OC)c2)cn1. The van der Waals surface area contributed by atoms with Crippen LogP contribution >= 0.6 is 0 Å². The largest absolute Gasteiger partial charge is 0.497 e. The maximum absolute atomic E-state index is 8.93. The van der Waals surface area contributed by atoms with Crippen LogP contribution in [0.5, 0.6) is 11.5 Å². The summed E-state index contributed by atoms with van der Waals surface area (Å²) in [7, 11) is 3.32. The molecule has 0 bridgehead atoms. The number of nitriles is 1. The molecule has 0 saturated carbocycles. The van der Waals surface area contributed by atoms with Crippen LogP contribution in [0.3, 0.4) is 0 Å². The van der Waals surface area contributed by atoms with E-state index in [4.69, 9.17) is 14.7 Å². The lowest BCUT2D eigenvalue weighted by molar-refractivity contribution is 0.298. The third-order valence-corrected chi connectivity index (χ3v) is 2.59. The predicted molar refractivity (Wildman–Crippen MR) is 73.6 cm³/mol. The van der Waals surface area contributed by atoms with Crippen LogP contribution in [-0.4, -0.2) is 24.1 Å². The number of benzene rings is 1. The van der Waals surface area contributed by atoms with E-state index in [0.717, 1.165) is 0 Å². The Hall–Kier alpha value is -2.81. The minimum Gasteiger partial charge on any atom is -0.497 e. The first-order chi connectivity index (χ1) is 9.75. The number of rotatable bonds is 5. The van der Waals surface area contributed by atoms with Crippen LogP contribution in [0.15, 0.2) is 30.6 Å². The summed E-state index contributed by atoms with van der Waals surface area (Å²) in [6, 6.07) is 7.08. The van der Waals surface area contributed by atoms with Crippen LogP contribution in [-0.2, 0) is 6.61 Å². The zero-order valence-electron chi connectivity index (χ0n) is 11.3. The lowest BCUT2D eigenvalue weighted by Gasteiger charge is -2.08. The lowest BCUT2D eigenvalue weighted by Crippen LogP contribution is -2.01. The molecule has 0 fully saturated rings. The van der Waals surface area contributed by atoms with E-state index >= 15 is 0 Å². The standard InChI is InChI=1S/C14H14N4O2/c1-16-14-8-17-11(7-18-14)9-20-13-4-10(6-15)3-12(5-13)19-2/h3-5,7-8H,9H2,1-2H3,(H,16,18). The Morgan fingerprint density at radius 1 is 1.20 bits per heavy atom. The van der Waals surface area contributed by atoms with Crippen molar-refractivity contribution in [1.29, 1.82) is 5.26 Å². The van der Waals surface area contributed by atoms with Gasteiger partial charge in [0, 0.05) is 13.1 Å². The van der Waals surface area contributed by atoms with Crippen LogP contribution < -0.4 is 14.8 Å². The maximum Gasteiger partial charge on any atom is 0.144 e. The van der Waals surface area contributed by atoms with E-state index < -0.39 is 0 Å². The summed E-state index contributed by atoms with van der Waals surface area (Å²) in [6.45, 7) is 0.273. The number of anilines is 1. The van der Waals surface area contributed by atoms with Gasteiger partial charge in [0.05, 0.1) is 36.8 Å². The van der Waals surface area contributed by atoms with Crippen molar-refractivity contribution in [2.45, 2.75) is 6.61 Å². The van der Waals surface area contributed by atoms with Gasteiger partial charge >= 0.3 is 0 Å². The number of hydrogen-bond acceptors (Lipinski definition) is 6. The highest BCUT2D eigenvalue weighted by molar-refractivity contribution is 5.43. The molecule has 0 atom stereocenters. The summed E-state index contributed by atoms with van der Waals surface area (Å²) < 4.78 is 10.7. The van der Waals surface area contributed by atoms with Crippen LogP contribution in [0.25, 0.3) is 0 Å². The minimum absolute atomic E-state index is 0.273. The normalized spacial score (nSPS) is 9.65. The van der Waals surface area contributed by atoms with Gasteiger partial charge < -0.3 is 14.8 Å². The fourth-order valence-electron chi connectivity index (χ4n) is 1.55. The number of hydrogen-bond donors (Lipinski definition) is 1. The smallest absolute Gasteiger partial charge is 0.144 e.